The van der Waals surface area contributed by atoms with Gasteiger partial charge in [0.05, 0.1) is 5.88 Å². The molecule has 0 radical (unpaired) electrons. The van der Waals surface area contributed by atoms with E-state index in [1.54, 1.807) is 0 Å². The molecule has 0 saturated carbocycles. The smallest absolute Gasteiger partial charge is 0.216 e. The van der Waals surface area contributed by atoms with Crippen LogP contribution in [-0.2, 0) is 11.2 Å². The lowest BCUT2D eigenvalue weighted by molar-refractivity contribution is -0.118. The normalized spacial score (nSPS) is 10.1. The van der Waals surface area contributed by atoms with Crippen molar-refractivity contribution in [1.29, 1.82) is 0 Å². The second-order valence-corrected chi connectivity index (χ2v) is 3.86. The summed E-state index contributed by atoms with van der Waals surface area (Å²) in [6, 6.07) is 4.25. The molecule has 0 bridgehead atoms. The van der Waals surface area contributed by atoms with Crippen molar-refractivity contribution in [3.63, 3.8) is 0 Å². The van der Waals surface area contributed by atoms with E-state index in [0.29, 0.717) is 18.5 Å². The Morgan fingerprint density at radius 2 is 2.12 bits per heavy atom. The van der Waals surface area contributed by atoms with Crippen molar-refractivity contribution in [1.82, 2.24) is 5.32 Å². The van der Waals surface area contributed by atoms with Gasteiger partial charge in [-0.2, -0.15) is 0 Å². The van der Waals surface area contributed by atoms with Crippen LogP contribution in [0, 0.1) is 5.82 Å². The molecular formula is C12H13ClFNO2. The lowest BCUT2D eigenvalue weighted by Gasteiger charge is -2.05. The maximum absolute atomic E-state index is 13.6. The topological polar surface area (TPSA) is 46.2 Å². The lowest BCUT2D eigenvalue weighted by Crippen LogP contribution is -2.22. The molecule has 0 aliphatic heterocycles. The minimum atomic E-state index is -0.452. The SMILES string of the molecule is CC(=O)NCCc1ccc(C(=O)CCl)cc1F. The maximum atomic E-state index is 13.6. The summed E-state index contributed by atoms with van der Waals surface area (Å²) < 4.78 is 13.6. The molecule has 0 aliphatic carbocycles. The minimum Gasteiger partial charge on any atom is -0.356 e. The van der Waals surface area contributed by atoms with E-state index in [1.807, 2.05) is 0 Å². The molecule has 17 heavy (non-hydrogen) atoms. The van der Waals surface area contributed by atoms with Gasteiger partial charge in [0.2, 0.25) is 5.91 Å². The first kappa shape index (κ1) is 13.6. The molecule has 1 aromatic rings. The predicted octanol–water partition coefficient (Wildman–Crippen LogP) is 1.93. The van der Waals surface area contributed by atoms with Gasteiger partial charge in [-0.05, 0) is 18.1 Å². The summed E-state index contributed by atoms with van der Waals surface area (Å²) in [5, 5.41) is 2.58. The number of carbonyl (C=O) groups excluding carboxylic acids is 2. The molecule has 0 saturated heterocycles. The maximum Gasteiger partial charge on any atom is 0.216 e. The summed E-state index contributed by atoms with van der Waals surface area (Å²) in [6.45, 7) is 1.77. The Bertz CT molecular complexity index is 435. The molecule has 0 aromatic heterocycles. The molecule has 3 nitrogen and oxygen atoms in total. The quantitative estimate of drug-likeness (QED) is 0.647. The molecule has 0 unspecified atom stereocenters. The van der Waals surface area contributed by atoms with Crippen LogP contribution >= 0.6 is 11.6 Å². The third kappa shape index (κ3) is 4.15. The fourth-order valence-corrected chi connectivity index (χ4v) is 1.53. The van der Waals surface area contributed by atoms with Crippen molar-refractivity contribution >= 4 is 23.3 Å². The van der Waals surface area contributed by atoms with Gasteiger partial charge >= 0.3 is 0 Å². The largest absolute Gasteiger partial charge is 0.356 e. The minimum absolute atomic E-state index is 0.153. The van der Waals surface area contributed by atoms with E-state index in [1.165, 1.54) is 25.1 Å². The van der Waals surface area contributed by atoms with Crippen LogP contribution in [0.25, 0.3) is 0 Å². The van der Waals surface area contributed by atoms with E-state index in [2.05, 4.69) is 5.32 Å². The number of rotatable bonds is 5. The first-order valence-electron chi connectivity index (χ1n) is 5.16. The van der Waals surface area contributed by atoms with Crippen LogP contribution in [0.2, 0.25) is 0 Å². The fraction of sp³-hybridized carbons (Fsp3) is 0.333. The van der Waals surface area contributed by atoms with Crippen molar-refractivity contribution in [3.8, 4) is 0 Å². The van der Waals surface area contributed by atoms with Gasteiger partial charge in [0.1, 0.15) is 5.82 Å². The molecule has 0 spiro atoms. The Morgan fingerprint density at radius 3 is 2.65 bits per heavy atom. The Morgan fingerprint density at radius 1 is 1.41 bits per heavy atom. The number of hydrogen-bond donors (Lipinski definition) is 1. The Hall–Kier alpha value is -1.42. The predicted molar refractivity (Wildman–Crippen MR) is 63.8 cm³/mol. The zero-order valence-electron chi connectivity index (χ0n) is 9.43. The van der Waals surface area contributed by atoms with Gasteiger partial charge in [0.15, 0.2) is 5.78 Å². The summed E-state index contributed by atoms with van der Waals surface area (Å²) in [5.41, 5.74) is 0.727. The van der Waals surface area contributed by atoms with E-state index in [-0.39, 0.29) is 23.1 Å². The van der Waals surface area contributed by atoms with E-state index in [9.17, 15) is 14.0 Å². The van der Waals surface area contributed by atoms with E-state index >= 15 is 0 Å². The van der Waals surface area contributed by atoms with E-state index in [0.717, 1.165) is 0 Å². The van der Waals surface area contributed by atoms with Gasteiger partial charge in [-0.15, -0.1) is 11.6 Å². The second kappa shape index (κ2) is 6.35. The number of carbonyl (C=O) groups is 2. The highest BCUT2D eigenvalue weighted by atomic mass is 35.5. The average molecular weight is 258 g/mol. The highest BCUT2D eigenvalue weighted by molar-refractivity contribution is 6.30. The number of halogens is 2. The number of nitrogens with one attached hydrogen (secondary N) is 1. The van der Waals surface area contributed by atoms with Gasteiger partial charge in [0.25, 0.3) is 0 Å². The van der Waals surface area contributed by atoms with Crippen LogP contribution in [-0.4, -0.2) is 24.1 Å². The zero-order chi connectivity index (χ0) is 12.8. The highest BCUT2D eigenvalue weighted by Gasteiger charge is 2.08. The molecule has 1 amide bonds. The number of ketones is 1. The van der Waals surface area contributed by atoms with Gasteiger partial charge in [0, 0.05) is 19.0 Å². The summed E-state index contributed by atoms with van der Waals surface area (Å²) in [6.07, 6.45) is 0.390. The summed E-state index contributed by atoms with van der Waals surface area (Å²) in [5.74, 6) is -1.07. The van der Waals surface area contributed by atoms with Gasteiger partial charge in [-0.1, -0.05) is 12.1 Å². The van der Waals surface area contributed by atoms with Crippen molar-refractivity contribution in [3.05, 3.63) is 35.1 Å². The molecule has 1 N–H and O–H groups in total. The summed E-state index contributed by atoms with van der Waals surface area (Å²) in [4.78, 5) is 21.9. The van der Waals surface area contributed by atoms with E-state index < -0.39 is 5.82 Å². The van der Waals surface area contributed by atoms with Crippen LogP contribution in [0.5, 0.6) is 0 Å². The molecular weight excluding hydrogens is 245 g/mol. The van der Waals surface area contributed by atoms with Crippen LogP contribution < -0.4 is 5.32 Å². The first-order valence-corrected chi connectivity index (χ1v) is 5.70. The van der Waals surface area contributed by atoms with Crippen LogP contribution in [0.3, 0.4) is 0 Å². The standard InChI is InChI=1S/C12H13ClFNO2/c1-8(16)15-5-4-9-2-3-10(6-11(9)14)12(17)7-13/h2-3,6H,4-5,7H2,1H3,(H,15,16). The Labute approximate surface area is 104 Å². The molecule has 92 valence electrons. The second-order valence-electron chi connectivity index (χ2n) is 3.60. The number of Topliss-reactive ketones (excluding diaryl/α,β-unsaturated/α-hetero) is 1. The third-order valence-corrected chi connectivity index (χ3v) is 2.51. The molecule has 0 heterocycles. The summed E-state index contributed by atoms with van der Waals surface area (Å²) in [7, 11) is 0. The number of amides is 1. The first-order chi connectivity index (χ1) is 8.04. The van der Waals surface area contributed by atoms with Gasteiger partial charge in [-0.3, -0.25) is 9.59 Å². The lowest BCUT2D eigenvalue weighted by atomic mass is 10.1. The van der Waals surface area contributed by atoms with Crippen molar-refractivity contribution in [2.24, 2.45) is 0 Å². The van der Waals surface area contributed by atoms with Crippen LogP contribution in [0.4, 0.5) is 4.39 Å². The molecule has 0 atom stereocenters. The number of hydrogen-bond acceptors (Lipinski definition) is 2. The highest BCUT2D eigenvalue weighted by Crippen LogP contribution is 2.12. The molecule has 0 fully saturated rings. The van der Waals surface area contributed by atoms with Gasteiger partial charge < -0.3 is 5.32 Å². The van der Waals surface area contributed by atoms with Crippen LogP contribution in [0.1, 0.15) is 22.8 Å². The van der Waals surface area contributed by atoms with E-state index in [4.69, 9.17) is 11.6 Å². The zero-order valence-corrected chi connectivity index (χ0v) is 10.2. The Kier molecular flexibility index (Phi) is 5.10. The molecule has 1 rings (SSSR count). The van der Waals surface area contributed by atoms with Crippen molar-refractivity contribution < 1.29 is 14.0 Å². The van der Waals surface area contributed by atoms with Crippen molar-refractivity contribution in [2.45, 2.75) is 13.3 Å². The monoisotopic (exact) mass is 257 g/mol. The van der Waals surface area contributed by atoms with Gasteiger partial charge in [-0.25, -0.2) is 4.39 Å². The molecule has 1 aromatic carbocycles. The van der Waals surface area contributed by atoms with Crippen molar-refractivity contribution in [2.75, 3.05) is 12.4 Å². The summed E-state index contributed by atoms with van der Waals surface area (Å²) >= 11 is 5.38. The molecule has 5 heteroatoms. The molecule has 0 aliphatic rings. The third-order valence-electron chi connectivity index (χ3n) is 2.26. The Balaban J connectivity index is 2.69. The number of benzene rings is 1. The average Bonchev–Trinajstić information content (AvgIpc) is 2.29. The fourth-order valence-electron chi connectivity index (χ4n) is 1.37. The number of alkyl halides is 1. The van der Waals surface area contributed by atoms with Crippen LogP contribution in [0.15, 0.2) is 18.2 Å².